The quantitative estimate of drug-likeness (QED) is 0.534. The number of hydrogen-bond donors (Lipinski definition) is 1. The van der Waals surface area contributed by atoms with Crippen LogP contribution >= 0.6 is 0 Å². The van der Waals surface area contributed by atoms with Gasteiger partial charge in [-0.3, -0.25) is 0 Å². The zero-order valence-corrected chi connectivity index (χ0v) is 16.0. The Kier molecular flexibility index (Phi) is 5.35. The highest BCUT2D eigenvalue weighted by Gasteiger charge is 2.10. The van der Waals surface area contributed by atoms with Crippen molar-refractivity contribution in [3.8, 4) is 17.0 Å². The number of aryl methyl sites for hydroxylation is 1. The molecule has 142 valence electrons. The fourth-order valence-electron chi connectivity index (χ4n) is 3.32. The van der Waals surface area contributed by atoms with Crippen molar-refractivity contribution in [1.29, 1.82) is 0 Å². The van der Waals surface area contributed by atoms with Crippen LogP contribution in [0.25, 0.3) is 16.9 Å². The molecular formula is C23H24N4O. The van der Waals surface area contributed by atoms with Gasteiger partial charge < -0.3 is 10.5 Å². The summed E-state index contributed by atoms with van der Waals surface area (Å²) in [5, 5.41) is 4.76. The van der Waals surface area contributed by atoms with E-state index in [0.29, 0.717) is 6.42 Å². The van der Waals surface area contributed by atoms with Crippen molar-refractivity contribution in [3.63, 3.8) is 0 Å². The molecule has 0 fully saturated rings. The third-order valence-electron chi connectivity index (χ3n) is 4.84. The Balaban J connectivity index is 1.59. The van der Waals surface area contributed by atoms with E-state index in [4.69, 9.17) is 20.6 Å². The van der Waals surface area contributed by atoms with Gasteiger partial charge in [0.1, 0.15) is 5.75 Å². The lowest BCUT2D eigenvalue weighted by Crippen LogP contribution is -2.00. The molecule has 0 bridgehead atoms. The van der Waals surface area contributed by atoms with Gasteiger partial charge in [-0.2, -0.15) is 5.10 Å². The van der Waals surface area contributed by atoms with Gasteiger partial charge >= 0.3 is 0 Å². The Labute approximate surface area is 164 Å². The Hall–Kier alpha value is -3.18. The molecule has 0 unspecified atom stereocenters. The van der Waals surface area contributed by atoms with Gasteiger partial charge in [0.05, 0.1) is 12.8 Å². The van der Waals surface area contributed by atoms with Crippen molar-refractivity contribution in [2.45, 2.75) is 19.3 Å². The van der Waals surface area contributed by atoms with E-state index in [1.54, 1.807) is 7.11 Å². The smallest absolute Gasteiger partial charge is 0.156 e. The molecule has 0 aliphatic heterocycles. The normalized spacial score (nSPS) is 11.1. The van der Waals surface area contributed by atoms with E-state index in [1.165, 1.54) is 11.1 Å². The molecule has 2 aromatic carbocycles. The van der Waals surface area contributed by atoms with Crippen molar-refractivity contribution in [2.24, 2.45) is 5.73 Å². The summed E-state index contributed by atoms with van der Waals surface area (Å²) in [5.41, 5.74) is 11.1. The summed E-state index contributed by atoms with van der Waals surface area (Å²) in [6.45, 7) is 0.726. The molecule has 5 heteroatoms. The van der Waals surface area contributed by atoms with E-state index in [9.17, 15) is 0 Å². The molecule has 4 aromatic rings. The second kappa shape index (κ2) is 8.23. The van der Waals surface area contributed by atoms with Crippen LogP contribution in [-0.2, 0) is 12.8 Å². The molecule has 0 atom stereocenters. The van der Waals surface area contributed by atoms with Gasteiger partial charge in [-0.25, -0.2) is 9.50 Å². The molecule has 5 nitrogen and oxygen atoms in total. The summed E-state index contributed by atoms with van der Waals surface area (Å²) in [5.74, 6) is 1.65. The number of fused-ring (bicyclic) bond motifs is 1. The Morgan fingerprint density at radius 3 is 2.39 bits per heavy atom. The van der Waals surface area contributed by atoms with Crippen LogP contribution in [0.4, 0.5) is 0 Å². The first-order valence-corrected chi connectivity index (χ1v) is 9.54. The van der Waals surface area contributed by atoms with Crippen LogP contribution < -0.4 is 10.5 Å². The minimum absolute atomic E-state index is 0.709. The first-order chi connectivity index (χ1) is 13.8. The van der Waals surface area contributed by atoms with Crippen molar-refractivity contribution in [1.82, 2.24) is 14.6 Å². The predicted molar refractivity (Wildman–Crippen MR) is 112 cm³/mol. The van der Waals surface area contributed by atoms with Crippen molar-refractivity contribution in [3.05, 3.63) is 83.7 Å². The molecule has 0 aliphatic carbocycles. The van der Waals surface area contributed by atoms with Crippen LogP contribution in [-0.4, -0.2) is 28.3 Å². The van der Waals surface area contributed by atoms with Crippen molar-refractivity contribution >= 4 is 5.65 Å². The summed E-state index contributed by atoms with van der Waals surface area (Å²) < 4.78 is 7.16. The lowest BCUT2D eigenvalue weighted by molar-refractivity contribution is 0.415. The van der Waals surface area contributed by atoms with E-state index < -0.39 is 0 Å². The number of rotatable bonds is 7. The van der Waals surface area contributed by atoms with Gasteiger partial charge in [0, 0.05) is 12.0 Å². The van der Waals surface area contributed by atoms with E-state index >= 15 is 0 Å². The van der Waals surface area contributed by atoms with Crippen LogP contribution in [0, 0.1) is 0 Å². The molecule has 0 radical (unpaired) electrons. The Bertz CT molecular complexity index is 1050. The fraction of sp³-hybridized carbons (Fsp3) is 0.217. The number of ether oxygens (including phenoxy) is 1. The number of pyridine rings is 1. The molecule has 0 saturated carbocycles. The largest absolute Gasteiger partial charge is 0.497 e. The number of hydrogen-bond acceptors (Lipinski definition) is 4. The molecule has 0 spiro atoms. The van der Waals surface area contributed by atoms with Crippen molar-refractivity contribution in [2.75, 3.05) is 13.7 Å². The van der Waals surface area contributed by atoms with E-state index in [-0.39, 0.29) is 0 Å². The lowest BCUT2D eigenvalue weighted by atomic mass is 10.1. The van der Waals surface area contributed by atoms with Crippen molar-refractivity contribution < 1.29 is 4.74 Å². The lowest BCUT2D eigenvalue weighted by Gasteiger charge is -2.05. The summed E-state index contributed by atoms with van der Waals surface area (Å²) in [6.07, 6.45) is 2.75. The van der Waals surface area contributed by atoms with Crippen LogP contribution in [0.1, 0.15) is 23.4 Å². The average Bonchev–Trinajstić information content (AvgIpc) is 3.16. The topological polar surface area (TPSA) is 65.4 Å². The van der Waals surface area contributed by atoms with Crippen LogP contribution in [0.5, 0.6) is 5.75 Å². The Morgan fingerprint density at radius 1 is 0.929 bits per heavy atom. The number of nitrogens with two attached hydrogens (primary N) is 1. The third-order valence-corrected chi connectivity index (χ3v) is 4.84. The summed E-state index contributed by atoms with van der Waals surface area (Å²) >= 11 is 0. The highest BCUT2D eigenvalue weighted by Crippen LogP contribution is 2.23. The van der Waals surface area contributed by atoms with E-state index in [2.05, 4.69) is 30.3 Å². The maximum Gasteiger partial charge on any atom is 0.156 e. The molecule has 2 heterocycles. The predicted octanol–water partition coefficient (Wildman–Crippen LogP) is 3.89. The summed E-state index contributed by atoms with van der Waals surface area (Å²) in [6, 6.07) is 22.7. The fourth-order valence-corrected chi connectivity index (χ4v) is 3.32. The van der Waals surface area contributed by atoms with Crippen LogP contribution in [0.15, 0.2) is 66.7 Å². The van der Waals surface area contributed by atoms with E-state index in [0.717, 1.165) is 47.9 Å². The van der Waals surface area contributed by atoms with Gasteiger partial charge in [-0.05, 0) is 66.9 Å². The standard InChI is InChI=1S/C23H24N4O/c1-28-20-13-11-19(12-14-20)21-5-2-6-23-25-22(26-27(21)23)16-18-9-7-17(8-10-18)4-3-15-24/h2,5-14H,3-4,15-16,24H2,1H3. The van der Waals surface area contributed by atoms with Gasteiger partial charge in [0.25, 0.3) is 0 Å². The number of benzene rings is 2. The van der Waals surface area contributed by atoms with Gasteiger partial charge in [-0.15, -0.1) is 0 Å². The maximum atomic E-state index is 5.59. The molecule has 2 N–H and O–H groups in total. The molecule has 0 aliphatic rings. The average molecular weight is 372 g/mol. The maximum absolute atomic E-state index is 5.59. The highest BCUT2D eigenvalue weighted by atomic mass is 16.5. The first-order valence-electron chi connectivity index (χ1n) is 9.54. The Morgan fingerprint density at radius 2 is 1.68 bits per heavy atom. The number of nitrogens with zero attached hydrogens (tertiary/aromatic N) is 3. The molecule has 28 heavy (non-hydrogen) atoms. The molecular weight excluding hydrogens is 348 g/mol. The van der Waals surface area contributed by atoms with Gasteiger partial charge in [-0.1, -0.05) is 30.3 Å². The van der Waals surface area contributed by atoms with Crippen LogP contribution in [0.2, 0.25) is 0 Å². The second-order valence-electron chi connectivity index (χ2n) is 6.82. The molecule has 0 saturated heterocycles. The van der Waals surface area contributed by atoms with Gasteiger partial charge in [0.15, 0.2) is 11.5 Å². The molecule has 0 amide bonds. The number of aromatic nitrogens is 3. The second-order valence-corrected chi connectivity index (χ2v) is 6.82. The minimum Gasteiger partial charge on any atom is -0.497 e. The first kappa shape index (κ1) is 18.2. The highest BCUT2D eigenvalue weighted by molar-refractivity contribution is 5.63. The summed E-state index contributed by atoms with van der Waals surface area (Å²) in [4.78, 5) is 4.71. The molecule has 4 rings (SSSR count). The summed E-state index contributed by atoms with van der Waals surface area (Å²) in [7, 11) is 1.67. The number of methoxy groups -OCH3 is 1. The third kappa shape index (κ3) is 3.89. The monoisotopic (exact) mass is 372 g/mol. The molecule has 2 aromatic heterocycles. The van der Waals surface area contributed by atoms with Crippen LogP contribution in [0.3, 0.4) is 0 Å². The SMILES string of the molecule is COc1ccc(-c2cccc3nc(Cc4ccc(CCCN)cc4)nn23)cc1. The van der Waals surface area contributed by atoms with Gasteiger partial charge in [0.2, 0.25) is 0 Å². The zero-order chi connectivity index (χ0) is 19.3. The van der Waals surface area contributed by atoms with E-state index in [1.807, 2.05) is 40.9 Å². The minimum atomic E-state index is 0.709. The zero-order valence-electron chi connectivity index (χ0n) is 16.0.